The van der Waals surface area contributed by atoms with Crippen molar-refractivity contribution in [3.8, 4) is 5.75 Å². The van der Waals surface area contributed by atoms with Crippen LogP contribution in [0.3, 0.4) is 0 Å². The van der Waals surface area contributed by atoms with E-state index >= 15 is 0 Å². The van der Waals surface area contributed by atoms with Gasteiger partial charge in [-0.2, -0.15) is 0 Å². The number of hydrogen-bond donors (Lipinski definition) is 0. The lowest BCUT2D eigenvalue weighted by Gasteiger charge is -2.62. The molecule has 280 valence electrons. The third kappa shape index (κ3) is 5.39. The Morgan fingerprint density at radius 1 is 0.725 bits per heavy atom. The van der Waals surface area contributed by atoms with Gasteiger partial charge < -0.3 is 14.2 Å². The molecule has 0 aromatic heterocycles. The zero-order valence-corrected chi connectivity index (χ0v) is 31.2. The Kier molecular flexibility index (Phi) is 8.49. The smallest absolute Gasteiger partial charge is 0.393 e. The Morgan fingerprint density at radius 3 is 1.90 bits per heavy atom. The van der Waals surface area contributed by atoms with E-state index in [2.05, 4.69) is 46.7 Å². The standard InChI is InChI=1S/C41H57NO9/c1-23-12-14-30-25(3)33(45-34-21-38(5)18-16-28(23)40(30,34)50-48-38)20-32(42-47-37(43)44-27-10-8-7-9-11-27)36-26(4)31-15-13-24(2)29-17-19-39(6)22-35(46-36)41(29,31)51-49-39/h7-11,23-26,28-31,33-36H,12-22H2,1-6H3/b42-32-/t23-,24-,25-,26-,28+,29+,30+,31+,33-,34-,35-,36+,38+,39+,40-,41-/m1/s1. The Labute approximate surface area is 302 Å². The van der Waals surface area contributed by atoms with Crippen LogP contribution in [0, 0.1) is 47.3 Å². The highest BCUT2D eigenvalue weighted by atomic mass is 17.2. The summed E-state index contributed by atoms with van der Waals surface area (Å²) in [5.74, 6) is 2.94. The normalized spacial score (nSPS) is 51.5. The first-order chi connectivity index (χ1) is 24.4. The number of benzene rings is 1. The van der Waals surface area contributed by atoms with Crippen molar-refractivity contribution in [1.82, 2.24) is 0 Å². The van der Waals surface area contributed by atoms with Crippen LogP contribution in [0.2, 0.25) is 0 Å². The van der Waals surface area contributed by atoms with Gasteiger partial charge in [-0.05, 0) is 125 Å². The topological polar surface area (TPSA) is 103 Å². The number of fused-ring (bicyclic) bond motifs is 4. The van der Waals surface area contributed by atoms with E-state index in [0.29, 0.717) is 41.6 Å². The summed E-state index contributed by atoms with van der Waals surface area (Å²) in [5, 5.41) is 4.66. The monoisotopic (exact) mass is 707 g/mol. The summed E-state index contributed by atoms with van der Waals surface area (Å²) < 4.78 is 20.0. The molecule has 1 aromatic rings. The summed E-state index contributed by atoms with van der Waals surface area (Å²) in [6.45, 7) is 13.6. The molecular formula is C41H57NO9. The lowest BCUT2D eigenvalue weighted by Crippen LogP contribution is -2.71. The molecule has 6 saturated heterocycles. The van der Waals surface area contributed by atoms with Crippen molar-refractivity contribution >= 4 is 11.9 Å². The van der Waals surface area contributed by atoms with Crippen molar-refractivity contribution in [2.75, 3.05) is 0 Å². The SMILES string of the molecule is C[C@H]1[C@@H](/C(C[C@H]2O[C@@H]3C[C@]4(C)CC[C@H]5[C@H](C)CC[C@@H]([C@H]2C)[C@@]35OO4)=N\OC(=O)Oc2ccccc2)O[C@@H]2C[C@]3(C)CC[C@H]4[C@H](C)CC[C@@H]1[C@@]24OO3. The average Bonchev–Trinajstić information content (AvgIpc) is 3.49. The lowest BCUT2D eigenvalue weighted by molar-refractivity contribution is -0.487. The second kappa shape index (κ2) is 12.5. The van der Waals surface area contributed by atoms with Gasteiger partial charge in [-0.3, -0.25) is 4.84 Å². The van der Waals surface area contributed by atoms with E-state index in [1.165, 1.54) is 6.42 Å². The molecule has 16 atom stereocenters. The zero-order chi connectivity index (χ0) is 35.3. The van der Waals surface area contributed by atoms with Crippen LogP contribution in [-0.2, 0) is 33.9 Å². The van der Waals surface area contributed by atoms with Crippen LogP contribution < -0.4 is 4.74 Å². The van der Waals surface area contributed by atoms with E-state index in [9.17, 15) is 4.79 Å². The number of nitrogens with zero attached hydrogens (tertiary/aromatic N) is 1. The molecule has 11 rings (SSSR count). The first-order valence-corrected chi connectivity index (χ1v) is 20.0. The van der Waals surface area contributed by atoms with E-state index in [-0.39, 0.29) is 53.7 Å². The molecule has 0 unspecified atom stereocenters. The van der Waals surface area contributed by atoms with Crippen LogP contribution >= 0.6 is 0 Å². The minimum Gasteiger partial charge on any atom is -0.393 e. The maximum atomic E-state index is 13.1. The lowest BCUT2D eigenvalue weighted by atomic mass is 9.55. The molecule has 4 saturated carbocycles. The Balaban J connectivity index is 1.05. The predicted molar refractivity (Wildman–Crippen MR) is 186 cm³/mol. The summed E-state index contributed by atoms with van der Waals surface area (Å²) in [6, 6.07) is 8.95. The molecule has 51 heavy (non-hydrogen) atoms. The van der Waals surface area contributed by atoms with E-state index in [0.717, 1.165) is 57.8 Å². The number of oxime groups is 1. The van der Waals surface area contributed by atoms with Crippen molar-refractivity contribution < 1.29 is 43.4 Å². The number of carbonyl (C=O) groups is 1. The van der Waals surface area contributed by atoms with Gasteiger partial charge in [-0.15, -0.1) is 0 Å². The third-order valence-corrected chi connectivity index (χ3v) is 15.4. The number of rotatable bonds is 5. The molecule has 0 N–H and O–H groups in total. The van der Waals surface area contributed by atoms with Gasteiger partial charge in [0.1, 0.15) is 34.3 Å². The molecule has 10 heteroatoms. The van der Waals surface area contributed by atoms with E-state index < -0.39 is 23.0 Å². The minimum atomic E-state index is -0.872. The van der Waals surface area contributed by atoms with Crippen molar-refractivity contribution in [2.45, 2.75) is 159 Å². The third-order valence-electron chi connectivity index (χ3n) is 15.4. The molecule has 6 aliphatic heterocycles. The average molecular weight is 708 g/mol. The minimum absolute atomic E-state index is 0.0458. The van der Waals surface area contributed by atoms with Gasteiger partial charge in [0.05, 0.1) is 24.0 Å². The molecule has 10 nitrogen and oxygen atoms in total. The van der Waals surface area contributed by atoms with Crippen LogP contribution in [0.4, 0.5) is 4.79 Å². The van der Waals surface area contributed by atoms with Gasteiger partial charge in [-0.1, -0.05) is 51.0 Å². The van der Waals surface area contributed by atoms with Gasteiger partial charge in [0.2, 0.25) is 0 Å². The van der Waals surface area contributed by atoms with Gasteiger partial charge in [0.15, 0.2) is 0 Å². The molecule has 0 radical (unpaired) electrons. The van der Waals surface area contributed by atoms with Crippen LogP contribution in [0.1, 0.15) is 112 Å². The maximum Gasteiger partial charge on any atom is 0.540 e. The van der Waals surface area contributed by atoms with E-state index in [4.69, 9.17) is 38.6 Å². The van der Waals surface area contributed by atoms with Crippen molar-refractivity contribution in [1.29, 1.82) is 0 Å². The second-order valence-corrected chi connectivity index (χ2v) is 18.4. The van der Waals surface area contributed by atoms with Crippen LogP contribution in [0.15, 0.2) is 35.5 Å². The molecule has 0 amide bonds. The van der Waals surface area contributed by atoms with Gasteiger partial charge in [0, 0.05) is 19.3 Å². The molecule has 4 aliphatic carbocycles. The predicted octanol–water partition coefficient (Wildman–Crippen LogP) is 8.37. The Bertz CT molecular complexity index is 1520. The summed E-state index contributed by atoms with van der Waals surface area (Å²) in [6.07, 6.45) is 8.89. The number of carbonyl (C=O) groups excluding carboxylic acids is 1. The molecular weight excluding hydrogens is 650 g/mol. The van der Waals surface area contributed by atoms with Gasteiger partial charge in [-0.25, -0.2) is 24.3 Å². The fourth-order valence-electron chi connectivity index (χ4n) is 12.7. The molecule has 4 bridgehead atoms. The van der Waals surface area contributed by atoms with Gasteiger partial charge in [0.25, 0.3) is 0 Å². The molecule has 10 fully saturated rings. The fraction of sp³-hybridized carbons (Fsp3) is 0.805. The van der Waals surface area contributed by atoms with Crippen molar-refractivity contribution in [2.24, 2.45) is 52.5 Å². The maximum absolute atomic E-state index is 13.1. The fourth-order valence-corrected chi connectivity index (χ4v) is 12.7. The summed E-state index contributed by atoms with van der Waals surface area (Å²) in [4.78, 5) is 44.4. The summed E-state index contributed by atoms with van der Waals surface area (Å²) >= 11 is 0. The number of hydrogen-bond acceptors (Lipinski definition) is 10. The Hall–Kier alpha value is -2.08. The molecule has 1 aromatic carbocycles. The number of para-hydroxylation sites is 1. The van der Waals surface area contributed by atoms with Gasteiger partial charge >= 0.3 is 6.16 Å². The van der Waals surface area contributed by atoms with Crippen molar-refractivity contribution in [3.63, 3.8) is 0 Å². The summed E-state index contributed by atoms with van der Waals surface area (Å²) in [7, 11) is 0. The zero-order valence-electron chi connectivity index (χ0n) is 31.2. The first-order valence-electron chi connectivity index (χ1n) is 20.0. The molecule has 2 spiro atoms. The largest absolute Gasteiger partial charge is 0.540 e. The van der Waals surface area contributed by atoms with E-state index in [1.54, 1.807) is 12.1 Å². The highest BCUT2D eigenvalue weighted by Crippen LogP contribution is 2.63. The van der Waals surface area contributed by atoms with Crippen LogP contribution in [0.25, 0.3) is 0 Å². The number of ether oxygens (including phenoxy) is 3. The second-order valence-electron chi connectivity index (χ2n) is 18.4. The van der Waals surface area contributed by atoms with E-state index in [1.807, 2.05) is 18.2 Å². The highest BCUT2D eigenvalue weighted by molar-refractivity contribution is 5.90. The molecule has 10 aliphatic rings. The highest BCUT2D eigenvalue weighted by Gasteiger charge is 2.70. The molecule has 6 heterocycles. The summed E-state index contributed by atoms with van der Waals surface area (Å²) in [5.41, 5.74) is -1.03. The first kappa shape index (κ1) is 34.7. The van der Waals surface area contributed by atoms with Crippen LogP contribution in [-0.4, -0.2) is 58.7 Å². The quantitative estimate of drug-likeness (QED) is 0.0746. The Morgan fingerprint density at radius 2 is 1.29 bits per heavy atom. The van der Waals surface area contributed by atoms with Crippen LogP contribution in [0.5, 0.6) is 5.75 Å². The van der Waals surface area contributed by atoms with Crippen molar-refractivity contribution in [3.05, 3.63) is 30.3 Å².